The fraction of sp³-hybridized carbons (Fsp3) is 0.304. The molecule has 0 aliphatic carbocycles. The third kappa shape index (κ3) is 4.88. The highest BCUT2D eigenvalue weighted by molar-refractivity contribution is 9.09. The van der Waals surface area contributed by atoms with Crippen molar-refractivity contribution in [2.45, 2.75) is 32.6 Å². The number of alkyl halides is 1. The van der Waals surface area contributed by atoms with Gasteiger partial charge in [0.05, 0.1) is 17.7 Å². The summed E-state index contributed by atoms with van der Waals surface area (Å²) in [6, 6.07) is 11.7. The van der Waals surface area contributed by atoms with E-state index in [1.54, 1.807) is 30.3 Å². The number of ketones is 1. The van der Waals surface area contributed by atoms with Gasteiger partial charge in [-0.25, -0.2) is 4.79 Å². The van der Waals surface area contributed by atoms with Crippen molar-refractivity contribution in [1.82, 2.24) is 0 Å². The van der Waals surface area contributed by atoms with Crippen molar-refractivity contribution >= 4 is 38.7 Å². The molecule has 1 N–H and O–H groups in total. The third-order valence-electron chi connectivity index (χ3n) is 4.66. The zero-order valence-corrected chi connectivity index (χ0v) is 17.8. The van der Waals surface area contributed by atoms with Crippen molar-refractivity contribution in [2.24, 2.45) is 0 Å². The molecule has 0 atom stereocenters. The second-order valence-electron chi connectivity index (χ2n) is 6.76. The quantitative estimate of drug-likeness (QED) is 0.233. The number of hydrogen-bond donors (Lipinski definition) is 1. The molecule has 0 aliphatic rings. The van der Waals surface area contributed by atoms with Crippen LogP contribution in [0.3, 0.4) is 0 Å². The monoisotopic (exact) mass is 458 g/mol. The molecule has 1 aromatic heterocycles. The van der Waals surface area contributed by atoms with Crippen LogP contribution in [0.5, 0.6) is 5.75 Å². The molecule has 0 spiro atoms. The number of carbonyl (C=O) groups excluding carboxylic acids is 1. The third-order valence-corrected chi connectivity index (χ3v) is 5.22. The lowest BCUT2D eigenvalue weighted by Crippen LogP contribution is -2.04. The molecule has 0 unspecified atom stereocenters. The first-order valence-electron chi connectivity index (χ1n) is 9.67. The van der Waals surface area contributed by atoms with Gasteiger partial charge in [-0.3, -0.25) is 4.79 Å². The van der Waals surface area contributed by atoms with Crippen LogP contribution in [-0.2, 0) is 6.42 Å². The summed E-state index contributed by atoms with van der Waals surface area (Å²) >= 11 is 3.37. The molecule has 3 rings (SSSR count). The van der Waals surface area contributed by atoms with Crippen LogP contribution in [-0.4, -0.2) is 28.8 Å². The number of halogens is 1. The molecule has 1 heterocycles. The molecule has 6 heteroatoms. The van der Waals surface area contributed by atoms with Crippen LogP contribution in [0.2, 0.25) is 0 Å². The molecular formula is C23H23BrO5. The van der Waals surface area contributed by atoms with E-state index < -0.39 is 5.97 Å². The Hall–Kier alpha value is -2.60. The molecule has 0 radical (unpaired) electrons. The molecule has 29 heavy (non-hydrogen) atoms. The van der Waals surface area contributed by atoms with E-state index in [0.717, 1.165) is 30.3 Å². The summed E-state index contributed by atoms with van der Waals surface area (Å²) in [6.45, 7) is 2.68. The van der Waals surface area contributed by atoms with Gasteiger partial charge in [0.15, 0.2) is 5.78 Å². The number of carboxylic acid groups (broad SMARTS) is 1. The fourth-order valence-corrected chi connectivity index (χ4v) is 3.36. The minimum Gasteiger partial charge on any atom is -0.494 e. The van der Waals surface area contributed by atoms with Crippen LogP contribution in [0.25, 0.3) is 11.0 Å². The maximum Gasteiger partial charge on any atom is 0.335 e. The molecule has 0 bridgehead atoms. The maximum atomic E-state index is 13.3. The predicted molar refractivity (Wildman–Crippen MR) is 116 cm³/mol. The number of unbranched alkanes of at least 4 members (excludes halogenated alkanes) is 1. The molecular weight excluding hydrogens is 436 g/mol. The number of aryl methyl sites for hydroxylation is 1. The topological polar surface area (TPSA) is 76.7 Å². The average Bonchev–Trinajstić information content (AvgIpc) is 3.09. The van der Waals surface area contributed by atoms with E-state index in [4.69, 9.17) is 9.15 Å². The van der Waals surface area contributed by atoms with Gasteiger partial charge >= 0.3 is 5.97 Å². The Kier molecular flexibility index (Phi) is 7.09. The smallest absolute Gasteiger partial charge is 0.335 e. The number of carboxylic acids is 1. The summed E-state index contributed by atoms with van der Waals surface area (Å²) in [6.07, 6.45) is 3.38. The average molecular weight is 459 g/mol. The molecule has 3 aromatic rings. The van der Waals surface area contributed by atoms with E-state index in [1.807, 2.05) is 0 Å². The van der Waals surface area contributed by atoms with E-state index in [9.17, 15) is 14.7 Å². The van der Waals surface area contributed by atoms with Gasteiger partial charge in [0, 0.05) is 22.7 Å². The number of carbonyl (C=O) groups is 2. The van der Waals surface area contributed by atoms with E-state index in [-0.39, 0.29) is 11.3 Å². The standard InChI is InChI=1S/C23H23BrO5/c1-2-3-5-19-21(18-11-8-16(23(26)27)14-20(18)29-19)22(25)15-6-9-17(10-7-15)28-13-4-12-24/h6-11,14H,2-5,12-13H2,1H3,(H,26,27). The van der Waals surface area contributed by atoms with Crippen molar-refractivity contribution in [3.8, 4) is 5.75 Å². The fourth-order valence-electron chi connectivity index (χ4n) is 3.13. The highest BCUT2D eigenvalue weighted by atomic mass is 79.9. The zero-order valence-electron chi connectivity index (χ0n) is 16.2. The van der Waals surface area contributed by atoms with Crippen molar-refractivity contribution < 1.29 is 23.8 Å². The van der Waals surface area contributed by atoms with Crippen LogP contribution in [0.4, 0.5) is 0 Å². The summed E-state index contributed by atoms with van der Waals surface area (Å²) in [4.78, 5) is 24.5. The van der Waals surface area contributed by atoms with Gasteiger partial charge < -0.3 is 14.3 Å². The Morgan fingerprint density at radius 3 is 2.45 bits per heavy atom. The zero-order chi connectivity index (χ0) is 20.8. The predicted octanol–water partition coefficient (Wildman–Crippen LogP) is 5.87. The number of hydrogen-bond acceptors (Lipinski definition) is 4. The lowest BCUT2D eigenvalue weighted by atomic mass is 9.98. The maximum absolute atomic E-state index is 13.3. The number of aromatic carboxylic acids is 1. The molecule has 0 saturated carbocycles. The molecule has 0 aliphatic heterocycles. The van der Waals surface area contributed by atoms with Gasteiger partial charge in [-0.1, -0.05) is 29.3 Å². The van der Waals surface area contributed by atoms with Gasteiger partial charge in [-0.05, 0) is 55.3 Å². The largest absolute Gasteiger partial charge is 0.494 e. The summed E-state index contributed by atoms with van der Waals surface area (Å²) in [5.74, 6) is 0.163. The SMILES string of the molecule is CCCCc1oc2cc(C(=O)O)ccc2c1C(=O)c1ccc(OCCCBr)cc1. The second-order valence-corrected chi connectivity index (χ2v) is 7.56. The van der Waals surface area contributed by atoms with E-state index >= 15 is 0 Å². The second kappa shape index (κ2) is 9.74. The number of rotatable bonds is 10. The minimum absolute atomic E-state index is 0.134. The highest BCUT2D eigenvalue weighted by Crippen LogP contribution is 2.30. The first-order valence-corrected chi connectivity index (χ1v) is 10.8. The van der Waals surface area contributed by atoms with Gasteiger partial charge in [-0.15, -0.1) is 0 Å². The molecule has 0 saturated heterocycles. The minimum atomic E-state index is -1.03. The van der Waals surface area contributed by atoms with Crippen LogP contribution in [0, 0.1) is 0 Å². The van der Waals surface area contributed by atoms with Crippen molar-refractivity contribution in [1.29, 1.82) is 0 Å². The number of fused-ring (bicyclic) bond motifs is 1. The number of furan rings is 1. The van der Waals surface area contributed by atoms with Crippen LogP contribution >= 0.6 is 15.9 Å². The summed E-state index contributed by atoms with van der Waals surface area (Å²) in [5, 5.41) is 10.7. The molecule has 0 fully saturated rings. The molecule has 2 aromatic carbocycles. The summed E-state index contributed by atoms with van der Waals surface area (Å²) < 4.78 is 11.5. The lowest BCUT2D eigenvalue weighted by Gasteiger charge is -2.07. The molecule has 5 nitrogen and oxygen atoms in total. The number of benzene rings is 2. The van der Waals surface area contributed by atoms with E-state index in [1.165, 1.54) is 12.1 Å². The summed E-state index contributed by atoms with van der Waals surface area (Å²) in [7, 11) is 0. The molecule has 0 amide bonds. The van der Waals surface area contributed by atoms with E-state index in [0.29, 0.717) is 40.9 Å². The van der Waals surface area contributed by atoms with Gasteiger partial charge in [-0.2, -0.15) is 0 Å². The Bertz CT molecular complexity index is 1000. The Labute approximate surface area is 177 Å². The number of ether oxygens (including phenoxy) is 1. The van der Waals surface area contributed by atoms with Crippen LogP contribution in [0.1, 0.15) is 58.2 Å². The summed E-state index contributed by atoms with van der Waals surface area (Å²) in [5.41, 5.74) is 1.62. The Morgan fingerprint density at radius 2 is 1.79 bits per heavy atom. The Morgan fingerprint density at radius 1 is 1.07 bits per heavy atom. The normalized spacial score (nSPS) is 11.0. The molecule has 152 valence electrons. The first kappa shape index (κ1) is 21.1. The van der Waals surface area contributed by atoms with Gasteiger partial charge in [0.1, 0.15) is 17.1 Å². The highest BCUT2D eigenvalue weighted by Gasteiger charge is 2.22. The van der Waals surface area contributed by atoms with Crippen LogP contribution < -0.4 is 4.74 Å². The lowest BCUT2D eigenvalue weighted by molar-refractivity contribution is 0.0696. The Balaban J connectivity index is 1.95. The van der Waals surface area contributed by atoms with Crippen molar-refractivity contribution in [3.05, 3.63) is 64.9 Å². The van der Waals surface area contributed by atoms with Gasteiger partial charge in [0.2, 0.25) is 0 Å². The van der Waals surface area contributed by atoms with Crippen molar-refractivity contribution in [2.75, 3.05) is 11.9 Å². The van der Waals surface area contributed by atoms with Crippen LogP contribution in [0.15, 0.2) is 46.9 Å². The van der Waals surface area contributed by atoms with Crippen molar-refractivity contribution in [3.63, 3.8) is 0 Å². The van der Waals surface area contributed by atoms with E-state index in [2.05, 4.69) is 22.9 Å². The first-order chi connectivity index (χ1) is 14.0. The van der Waals surface area contributed by atoms with Gasteiger partial charge in [0.25, 0.3) is 0 Å².